The first kappa shape index (κ1) is 23.6. The SMILES string of the molecule is COc1ccc(OC)c(N=C2NC(=O)C[C@@H](C(=O)Nc3cc(OC)c(Cl)cc3OC)S2)c1. The molecule has 3 rings (SSSR count). The van der Waals surface area contributed by atoms with Crippen LogP contribution in [0, 0.1) is 0 Å². The van der Waals surface area contributed by atoms with E-state index in [0.717, 1.165) is 11.8 Å². The Labute approximate surface area is 194 Å². The number of nitrogens with zero attached hydrogens (tertiary/aromatic N) is 1. The molecule has 1 saturated heterocycles. The number of benzene rings is 2. The number of methoxy groups -OCH3 is 4. The van der Waals surface area contributed by atoms with Crippen molar-refractivity contribution in [1.29, 1.82) is 0 Å². The van der Waals surface area contributed by atoms with Crippen LogP contribution in [0.4, 0.5) is 11.4 Å². The molecule has 2 N–H and O–H groups in total. The highest BCUT2D eigenvalue weighted by atomic mass is 35.5. The molecule has 1 atom stereocenters. The third-order valence-electron chi connectivity index (χ3n) is 4.50. The Hall–Kier alpha value is -3.11. The van der Waals surface area contributed by atoms with E-state index in [2.05, 4.69) is 15.6 Å². The highest BCUT2D eigenvalue weighted by Gasteiger charge is 2.31. The average molecular weight is 480 g/mol. The van der Waals surface area contributed by atoms with E-state index in [-0.39, 0.29) is 17.5 Å². The number of carbonyl (C=O) groups excluding carboxylic acids is 2. The molecule has 0 aliphatic carbocycles. The first-order valence-corrected chi connectivity index (χ1v) is 10.6. The lowest BCUT2D eigenvalue weighted by atomic mass is 10.2. The zero-order valence-electron chi connectivity index (χ0n) is 17.9. The van der Waals surface area contributed by atoms with Gasteiger partial charge in [-0.2, -0.15) is 0 Å². The molecule has 1 aliphatic rings. The van der Waals surface area contributed by atoms with E-state index in [1.165, 1.54) is 28.4 Å². The summed E-state index contributed by atoms with van der Waals surface area (Å²) >= 11 is 7.25. The first-order chi connectivity index (χ1) is 15.4. The van der Waals surface area contributed by atoms with Crippen LogP contribution in [-0.4, -0.2) is 50.7 Å². The van der Waals surface area contributed by atoms with Gasteiger partial charge in [-0.25, -0.2) is 4.99 Å². The minimum absolute atomic E-state index is 0.0161. The maximum Gasteiger partial charge on any atom is 0.238 e. The lowest BCUT2D eigenvalue weighted by molar-refractivity contribution is -0.123. The summed E-state index contributed by atoms with van der Waals surface area (Å²) < 4.78 is 21.0. The molecule has 1 fully saturated rings. The fraction of sp³-hybridized carbons (Fsp3) is 0.286. The number of halogens is 1. The van der Waals surface area contributed by atoms with Crippen LogP contribution in [-0.2, 0) is 9.59 Å². The quantitative estimate of drug-likeness (QED) is 0.624. The van der Waals surface area contributed by atoms with Gasteiger partial charge in [-0.15, -0.1) is 0 Å². The van der Waals surface area contributed by atoms with E-state index in [1.54, 1.807) is 30.3 Å². The second-order valence-corrected chi connectivity index (χ2v) is 8.09. The summed E-state index contributed by atoms with van der Waals surface area (Å²) in [6, 6.07) is 8.21. The van der Waals surface area contributed by atoms with E-state index in [4.69, 9.17) is 30.5 Å². The van der Waals surface area contributed by atoms with Gasteiger partial charge in [0.1, 0.15) is 33.9 Å². The summed E-state index contributed by atoms with van der Waals surface area (Å²) in [5.41, 5.74) is 0.832. The molecule has 2 amide bonds. The normalized spacial score (nSPS) is 16.8. The van der Waals surface area contributed by atoms with Gasteiger partial charge in [0.15, 0.2) is 5.17 Å². The van der Waals surface area contributed by atoms with E-state index in [1.807, 2.05) is 0 Å². The third-order valence-corrected chi connectivity index (χ3v) is 5.88. The van der Waals surface area contributed by atoms with Gasteiger partial charge in [0.25, 0.3) is 0 Å². The number of rotatable bonds is 7. The Morgan fingerprint density at radius 2 is 1.78 bits per heavy atom. The fourth-order valence-corrected chi connectivity index (χ4v) is 4.13. The molecule has 170 valence electrons. The van der Waals surface area contributed by atoms with Gasteiger partial charge < -0.3 is 29.6 Å². The molecule has 0 spiro atoms. The topological polar surface area (TPSA) is 107 Å². The predicted molar refractivity (Wildman–Crippen MR) is 124 cm³/mol. The van der Waals surface area contributed by atoms with E-state index in [0.29, 0.717) is 39.4 Å². The smallest absolute Gasteiger partial charge is 0.238 e. The number of amidine groups is 1. The Morgan fingerprint density at radius 3 is 2.44 bits per heavy atom. The minimum atomic E-state index is -0.717. The van der Waals surface area contributed by atoms with E-state index < -0.39 is 11.2 Å². The van der Waals surface area contributed by atoms with Gasteiger partial charge in [0.2, 0.25) is 11.8 Å². The summed E-state index contributed by atoms with van der Waals surface area (Å²) in [5, 5.41) is 5.36. The Morgan fingerprint density at radius 1 is 1.06 bits per heavy atom. The van der Waals surface area contributed by atoms with Gasteiger partial charge in [-0.05, 0) is 12.1 Å². The van der Waals surface area contributed by atoms with Crippen LogP contribution in [0.3, 0.4) is 0 Å². The number of carbonyl (C=O) groups is 2. The molecule has 0 aromatic heterocycles. The Kier molecular flexibility index (Phi) is 7.70. The number of hydrogen-bond acceptors (Lipinski definition) is 8. The van der Waals surface area contributed by atoms with Crippen molar-refractivity contribution in [3.8, 4) is 23.0 Å². The number of hydrogen-bond donors (Lipinski definition) is 2. The Bertz CT molecular complexity index is 1060. The summed E-state index contributed by atoms with van der Waals surface area (Å²) in [6.07, 6.45) is -0.0161. The lowest BCUT2D eigenvalue weighted by Gasteiger charge is -2.23. The van der Waals surface area contributed by atoms with Crippen molar-refractivity contribution in [3.05, 3.63) is 35.4 Å². The first-order valence-electron chi connectivity index (χ1n) is 9.38. The molecule has 9 nitrogen and oxygen atoms in total. The molecule has 11 heteroatoms. The molecule has 2 aromatic rings. The number of amides is 2. The molecular weight excluding hydrogens is 458 g/mol. The summed E-state index contributed by atoms with van der Waals surface area (Å²) in [6.45, 7) is 0. The highest BCUT2D eigenvalue weighted by Crippen LogP contribution is 2.37. The van der Waals surface area contributed by atoms with Gasteiger partial charge in [0, 0.05) is 24.6 Å². The van der Waals surface area contributed by atoms with Crippen molar-refractivity contribution >= 4 is 51.7 Å². The monoisotopic (exact) mass is 479 g/mol. The average Bonchev–Trinajstić information content (AvgIpc) is 2.79. The second kappa shape index (κ2) is 10.5. The fourth-order valence-electron chi connectivity index (χ4n) is 2.91. The van der Waals surface area contributed by atoms with Crippen LogP contribution in [0.15, 0.2) is 35.3 Å². The van der Waals surface area contributed by atoms with Crippen LogP contribution in [0.1, 0.15) is 6.42 Å². The maximum atomic E-state index is 12.9. The minimum Gasteiger partial charge on any atom is -0.497 e. The van der Waals surface area contributed by atoms with Crippen molar-refractivity contribution in [2.24, 2.45) is 4.99 Å². The zero-order valence-corrected chi connectivity index (χ0v) is 19.4. The van der Waals surface area contributed by atoms with Crippen LogP contribution < -0.4 is 29.6 Å². The molecule has 0 unspecified atom stereocenters. The van der Waals surface area contributed by atoms with Crippen molar-refractivity contribution in [1.82, 2.24) is 5.32 Å². The van der Waals surface area contributed by atoms with Gasteiger partial charge >= 0.3 is 0 Å². The standard InChI is InChI=1S/C21H22ClN3O6S/c1-28-11-5-6-15(29-2)13(7-11)24-21-25-19(26)10-18(32-21)20(27)23-14-9-16(30-3)12(22)8-17(14)31-4/h5-9,18H,10H2,1-4H3,(H,23,27)(H,24,25,26)/t18-/m0/s1. The number of aliphatic imine (C=N–C) groups is 1. The van der Waals surface area contributed by atoms with Crippen LogP contribution >= 0.6 is 23.4 Å². The molecule has 0 radical (unpaired) electrons. The summed E-state index contributed by atoms with van der Waals surface area (Å²) in [5.74, 6) is 1.10. The van der Waals surface area contributed by atoms with Crippen molar-refractivity contribution < 1.29 is 28.5 Å². The second-order valence-electron chi connectivity index (χ2n) is 6.49. The third kappa shape index (κ3) is 5.38. The van der Waals surface area contributed by atoms with Crippen molar-refractivity contribution in [2.45, 2.75) is 11.7 Å². The van der Waals surface area contributed by atoms with Gasteiger partial charge in [0.05, 0.1) is 39.1 Å². The van der Waals surface area contributed by atoms with Gasteiger partial charge in [-0.1, -0.05) is 23.4 Å². The van der Waals surface area contributed by atoms with Crippen LogP contribution in [0.5, 0.6) is 23.0 Å². The van der Waals surface area contributed by atoms with E-state index >= 15 is 0 Å². The zero-order chi connectivity index (χ0) is 23.3. The molecule has 1 heterocycles. The number of anilines is 1. The molecular formula is C21H22ClN3O6S. The summed E-state index contributed by atoms with van der Waals surface area (Å²) in [7, 11) is 5.98. The van der Waals surface area contributed by atoms with Gasteiger partial charge in [-0.3, -0.25) is 9.59 Å². The Balaban J connectivity index is 1.84. The molecule has 2 aromatic carbocycles. The molecule has 32 heavy (non-hydrogen) atoms. The number of nitrogens with one attached hydrogen (secondary N) is 2. The molecule has 0 saturated carbocycles. The van der Waals surface area contributed by atoms with E-state index in [9.17, 15) is 9.59 Å². The number of ether oxygens (including phenoxy) is 4. The molecule has 1 aliphatic heterocycles. The van der Waals surface area contributed by atoms with Crippen LogP contribution in [0.2, 0.25) is 5.02 Å². The maximum absolute atomic E-state index is 12.9. The summed E-state index contributed by atoms with van der Waals surface area (Å²) in [4.78, 5) is 29.7. The predicted octanol–water partition coefficient (Wildman–Crippen LogP) is 3.62. The largest absolute Gasteiger partial charge is 0.497 e. The molecule has 0 bridgehead atoms. The highest BCUT2D eigenvalue weighted by molar-refractivity contribution is 8.15. The van der Waals surface area contributed by atoms with Crippen molar-refractivity contribution in [2.75, 3.05) is 33.8 Å². The van der Waals surface area contributed by atoms with Crippen LogP contribution in [0.25, 0.3) is 0 Å². The lowest BCUT2D eigenvalue weighted by Crippen LogP contribution is -2.41. The van der Waals surface area contributed by atoms with Crippen molar-refractivity contribution in [3.63, 3.8) is 0 Å². The number of thioether (sulfide) groups is 1.